The number of carbonyl (C=O) groups is 1. The minimum absolute atomic E-state index is 0.0119. The standard InChI is InChI=1S/C25H35N3O3/c1-27(2)18-19-14-16-28(17-15-19)22-11-9-21(10-12-22)26-24(29)13-8-20-6-5-7-23(30-3)25(20)31-4/h5-7,9-12,19H,8,13-18H2,1-4H3,(H,26,29). The van der Waals surface area contributed by atoms with Crippen LogP contribution in [0, 0.1) is 5.92 Å². The molecule has 0 radical (unpaired) electrons. The number of amides is 1. The van der Waals surface area contributed by atoms with Crippen molar-refractivity contribution in [2.45, 2.75) is 25.7 Å². The van der Waals surface area contributed by atoms with Crippen LogP contribution in [-0.4, -0.2) is 58.8 Å². The molecule has 3 rings (SSSR count). The van der Waals surface area contributed by atoms with E-state index in [1.807, 2.05) is 30.3 Å². The first kappa shape index (κ1) is 22.9. The first-order valence-electron chi connectivity index (χ1n) is 11.0. The van der Waals surface area contributed by atoms with Gasteiger partial charge in [-0.15, -0.1) is 0 Å². The lowest BCUT2D eigenvalue weighted by Gasteiger charge is -2.34. The Morgan fingerprint density at radius 2 is 1.77 bits per heavy atom. The van der Waals surface area contributed by atoms with Crippen molar-refractivity contribution in [3.63, 3.8) is 0 Å². The predicted octanol–water partition coefficient (Wildman–Crippen LogP) is 4.05. The summed E-state index contributed by atoms with van der Waals surface area (Å²) in [4.78, 5) is 17.2. The van der Waals surface area contributed by atoms with Crippen LogP contribution in [0.2, 0.25) is 0 Å². The summed E-state index contributed by atoms with van der Waals surface area (Å²) in [5.41, 5.74) is 3.02. The average Bonchev–Trinajstić information content (AvgIpc) is 2.78. The molecule has 2 aromatic rings. The number of para-hydroxylation sites is 1. The Balaban J connectivity index is 1.50. The maximum Gasteiger partial charge on any atom is 0.224 e. The molecule has 1 amide bonds. The van der Waals surface area contributed by atoms with Crippen LogP contribution in [0.25, 0.3) is 0 Å². The first-order valence-corrected chi connectivity index (χ1v) is 11.0. The maximum absolute atomic E-state index is 12.5. The number of carbonyl (C=O) groups excluding carboxylic acids is 1. The van der Waals surface area contributed by atoms with Crippen LogP contribution in [0.15, 0.2) is 42.5 Å². The van der Waals surface area contributed by atoms with Gasteiger partial charge >= 0.3 is 0 Å². The molecule has 1 saturated heterocycles. The fourth-order valence-corrected chi connectivity index (χ4v) is 4.27. The number of hydrogen-bond donors (Lipinski definition) is 1. The minimum Gasteiger partial charge on any atom is -0.493 e. The van der Waals surface area contributed by atoms with Gasteiger partial charge in [0.1, 0.15) is 0 Å². The van der Waals surface area contributed by atoms with Gasteiger partial charge in [0, 0.05) is 37.4 Å². The molecule has 0 spiro atoms. The van der Waals surface area contributed by atoms with Crippen LogP contribution in [0.1, 0.15) is 24.8 Å². The normalized spacial score (nSPS) is 14.5. The number of rotatable bonds is 9. The van der Waals surface area contributed by atoms with E-state index < -0.39 is 0 Å². The van der Waals surface area contributed by atoms with Crippen LogP contribution in [0.5, 0.6) is 11.5 Å². The van der Waals surface area contributed by atoms with Crippen LogP contribution < -0.4 is 19.7 Å². The second-order valence-corrected chi connectivity index (χ2v) is 8.44. The molecular formula is C25H35N3O3. The molecule has 0 atom stereocenters. The van der Waals surface area contributed by atoms with Gasteiger partial charge in [-0.3, -0.25) is 4.79 Å². The molecule has 0 aliphatic carbocycles. The first-order chi connectivity index (χ1) is 15.0. The average molecular weight is 426 g/mol. The van der Waals surface area contributed by atoms with Crippen LogP contribution in [0.4, 0.5) is 11.4 Å². The Kier molecular flexibility index (Phi) is 8.18. The van der Waals surface area contributed by atoms with Crippen molar-refractivity contribution in [2.75, 3.05) is 58.2 Å². The molecule has 0 saturated carbocycles. The second kappa shape index (κ2) is 11.0. The molecule has 1 aliphatic rings. The van der Waals surface area contributed by atoms with Crippen molar-refractivity contribution >= 4 is 17.3 Å². The molecule has 0 unspecified atom stereocenters. The largest absolute Gasteiger partial charge is 0.493 e. The van der Waals surface area contributed by atoms with Gasteiger partial charge in [-0.1, -0.05) is 12.1 Å². The Morgan fingerprint density at radius 3 is 2.39 bits per heavy atom. The lowest BCUT2D eigenvalue weighted by atomic mass is 9.96. The number of nitrogens with one attached hydrogen (secondary N) is 1. The number of benzene rings is 2. The Labute approximate surface area is 186 Å². The topological polar surface area (TPSA) is 54.0 Å². The summed E-state index contributed by atoms with van der Waals surface area (Å²) in [6, 6.07) is 13.9. The molecule has 31 heavy (non-hydrogen) atoms. The summed E-state index contributed by atoms with van der Waals surface area (Å²) >= 11 is 0. The molecule has 0 bridgehead atoms. The van der Waals surface area contributed by atoms with E-state index in [4.69, 9.17) is 9.47 Å². The quantitative estimate of drug-likeness (QED) is 0.657. The summed E-state index contributed by atoms with van der Waals surface area (Å²) in [6.45, 7) is 3.35. The van der Waals surface area contributed by atoms with Crippen molar-refractivity contribution in [2.24, 2.45) is 5.92 Å². The lowest BCUT2D eigenvalue weighted by Crippen LogP contribution is -2.37. The van der Waals surface area contributed by atoms with Crippen LogP contribution >= 0.6 is 0 Å². The molecule has 6 nitrogen and oxygen atoms in total. The maximum atomic E-state index is 12.5. The molecule has 168 valence electrons. The zero-order valence-corrected chi connectivity index (χ0v) is 19.2. The summed E-state index contributed by atoms with van der Waals surface area (Å²) < 4.78 is 10.8. The predicted molar refractivity (Wildman–Crippen MR) is 126 cm³/mol. The summed E-state index contributed by atoms with van der Waals surface area (Å²) in [7, 11) is 7.52. The van der Waals surface area contributed by atoms with Gasteiger partial charge < -0.3 is 24.6 Å². The summed E-state index contributed by atoms with van der Waals surface area (Å²) in [6.07, 6.45) is 3.42. The van der Waals surface area contributed by atoms with Crippen molar-refractivity contribution in [1.82, 2.24) is 4.90 Å². The van der Waals surface area contributed by atoms with E-state index >= 15 is 0 Å². The highest BCUT2D eigenvalue weighted by atomic mass is 16.5. The van der Waals surface area contributed by atoms with Gasteiger partial charge in [0.25, 0.3) is 0 Å². The van der Waals surface area contributed by atoms with Crippen molar-refractivity contribution in [3.8, 4) is 11.5 Å². The zero-order chi connectivity index (χ0) is 22.2. The number of methoxy groups -OCH3 is 2. The smallest absolute Gasteiger partial charge is 0.224 e. The highest BCUT2D eigenvalue weighted by Gasteiger charge is 2.20. The molecule has 1 aliphatic heterocycles. The van der Waals surface area contributed by atoms with Crippen LogP contribution in [-0.2, 0) is 11.2 Å². The molecular weight excluding hydrogens is 390 g/mol. The zero-order valence-electron chi connectivity index (χ0n) is 19.2. The Bertz CT molecular complexity index is 844. The molecule has 0 aromatic heterocycles. The summed E-state index contributed by atoms with van der Waals surface area (Å²) in [5, 5.41) is 3.00. The van der Waals surface area contributed by atoms with Crippen molar-refractivity contribution in [1.29, 1.82) is 0 Å². The SMILES string of the molecule is COc1cccc(CCC(=O)Nc2ccc(N3CCC(CN(C)C)CC3)cc2)c1OC. The second-order valence-electron chi connectivity index (χ2n) is 8.44. The number of nitrogens with zero attached hydrogens (tertiary/aromatic N) is 2. The fraction of sp³-hybridized carbons (Fsp3) is 0.480. The number of piperidine rings is 1. The van der Waals surface area contributed by atoms with Gasteiger partial charge in [0.05, 0.1) is 14.2 Å². The van der Waals surface area contributed by atoms with E-state index in [-0.39, 0.29) is 5.91 Å². The van der Waals surface area contributed by atoms with Gasteiger partial charge in [0.2, 0.25) is 5.91 Å². The third-order valence-electron chi connectivity index (χ3n) is 5.86. The molecule has 6 heteroatoms. The monoisotopic (exact) mass is 425 g/mol. The molecule has 1 N–H and O–H groups in total. The lowest BCUT2D eigenvalue weighted by molar-refractivity contribution is -0.116. The highest BCUT2D eigenvalue weighted by Crippen LogP contribution is 2.31. The van der Waals surface area contributed by atoms with Crippen molar-refractivity contribution in [3.05, 3.63) is 48.0 Å². The van der Waals surface area contributed by atoms with E-state index in [1.54, 1.807) is 14.2 Å². The van der Waals surface area contributed by atoms with E-state index in [9.17, 15) is 4.79 Å². The third kappa shape index (κ3) is 6.37. The Morgan fingerprint density at radius 1 is 1.06 bits per heavy atom. The fourth-order valence-electron chi connectivity index (χ4n) is 4.27. The summed E-state index contributed by atoms with van der Waals surface area (Å²) in [5.74, 6) is 2.15. The number of hydrogen-bond acceptors (Lipinski definition) is 5. The number of aryl methyl sites for hydroxylation is 1. The van der Waals surface area contributed by atoms with E-state index in [1.165, 1.54) is 25.1 Å². The van der Waals surface area contributed by atoms with Gasteiger partial charge in [-0.25, -0.2) is 0 Å². The van der Waals surface area contributed by atoms with E-state index in [0.29, 0.717) is 24.3 Å². The van der Waals surface area contributed by atoms with Gasteiger partial charge in [0.15, 0.2) is 11.5 Å². The Hall–Kier alpha value is -2.73. The van der Waals surface area contributed by atoms with Crippen molar-refractivity contribution < 1.29 is 14.3 Å². The molecule has 2 aromatic carbocycles. The van der Waals surface area contributed by atoms with Gasteiger partial charge in [-0.2, -0.15) is 0 Å². The third-order valence-corrected chi connectivity index (χ3v) is 5.86. The minimum atomic E-state index is -0.0119. The molecule has 1 heterocycles. The van der Waals surface area contributed by atoms with Gasteiger partial charge in [-0.05, 0) is 75.2 Å². The van der Waals surface area contributed by atoms with E-state index in [2.05, 4.69) is 41.3 Å². The number of anilines is 2. The van der Waals surface area contributed by atoms with E-state index in [0.717, 1.165) is 30.3 Å². The number of ether oxygens (including phenoxy) is 2. The molecule has 1 fully saturated rings. The highest BCUT2D eigenvalue weighted by molar-refractivity contribution is 5.91. The van der Waals surface area contributed by atoms with Crippen LogP contribution in [0.3, 0.4) is 0 Å².